The van der Waals surface area contributed by atoms with Crippen LogP contribution in [0, 0.1) is 5.92 Å². The number of benzene rings is 2. The van der Waals surface area contributed by atoms with E-state index in [-0.39, 0.29) is 42.6 Å². The molecular formula is C23H27Cl2N3O4S. The fraction of sp³-hybridized carbons (Fsp3) is 0.391. The quantitative estimate of drug-likeness (QED) is 0.578. The molecule has 2 amide bonds. The van der Waals surface area contributed by atoms with Crippen LogP contribution in [0.4, 0.5) is 5.69 Å². The second-order valence-electron chi connectivity index (χ2n) is 8.29. The minimum atomic E-state index is -3.64. The first kappa shape index (κ1) is 25.5. The largest absolute Gasteiger partial charge is 0.350 e. The molecular weight excluding hydrogens is 485 g/mol. The van der Waals surface area contributed by atoms with Crippen molar-refractivity contribution >= 4 is 50.7 Å². The number of para-hydroxylation sites is 1. The Morgan fingerprint density at radius 1 is 1.03 bits per heavy atom. The summed E-state index contributed by atoms with van der Waals surface area (Å²) < 4.78 is 27.2. The van der Waals surface area contributed by atoms with Crippen molar-refractivity contribution in [1.29, 1.82) is 0 Å². The van der Waals surface area contributed by atoms with Crippen LogP contribution in [0.1, 0.15) is 42.6 Å². The Balaban J connectivity index is 1.62. The van der Waals surface area contributed by atoms with Crippen molar-refractivity contribution in [3.8, 4) is 0 Å². The second kappa shape index (κ2) is 10.9. The Morgan fingerprint density at radius 2 is 1.64 bits per heavy atom. The fourth-order valence-electron chi connectivity index (χ4n) is 3.70. The van der Waals surface area contributed by atoms with E-state index in [1.807, 2.05) is 13.8 Å². The van der Waals surface area contributed by atoms with Gasteiger partial charge in [-0.25, -0.2) is 12.7 Å². The van der Waals surface area contributed by atoms with Crippen LogP contribution < -0.4 is 10.6 Å². The summed E-state index contributed by atoms with van der Waals surface area (Å²) in [5.41, 5.74) is 1.19. The van der Waals surface area contributed by atoms with Crippen molar-refractivity contribution in [2.24, 2.45) is 5.92 Å². The summed E-state index contributed by atoms with van der Waals surface area (Å²) in [4.78, 5) is 25.3. The molecule has 1 heterocycles. The molecule has 3 rings (SSSR count). The topological polar surface area (TPSA) is 95.6 Å². The lowest BCUT2D eigenvalue weighted by Crippen LogP contribution is -2.42. The van der Waals surface area contributed by atoms with E-state index in [0.717, 1.165) is 0 Å². The number of nitrogens with one attached hydrogen (secondary N) is 2. The van der Waals surface area contributed by atoms with Gasteiger partial charge in [-0.1, -0.05) is 41.4 Å². The summed E-state index contributed by atoms with van der Waals surface area (Å²) >= 11 is 12.3. The van der Waals surface area contributed by atoms with E-state index >= 15 is 0 Å². The molecule has 0 unspecified atom stereocenters. The molecule has 0 spiro atoms. The molecule has 0 atom stereocenters. The lowest BCUT2D eigenvalue weighted by Gasteiger charge is -2.31. The van der Waals surface area contributed by atoms with Gasteiger partial charge in [-0.15, -0.1) is 0 Å². The standard InChI is InChI=1S/C23H27Cl2N3O4S/c1-15(2)26-23(30)17-6-3-4-9-21(17)27-22(29)16-10-12-28(13-11-16)33(31,32)14-18-19(24)7-5-8-20(18)25/h3-9,15-16H,10-14H2,1-2H3,(H,26,30)(H,27,29). The van der Waals surface area contributed by atoms with Gasteiger partial charge < -0.3 is 10.6 Å². The Kier molecular flexibility index (Phi) is 8.39. The van der Waals surface area contributed by atoms with Crippen LogP contribution in [0.15, 0.2) is 42.5 Å². The highest BCUT2D eigenvalue weighted by Gasteiger charge is 2.32. The number of hydrogen-bond donors (Lipinski definition) is 2. The molecule has 2 aromatic rings. The average molecular weight is 512 g/mol. The van der Waals surface area contributed by atoms with Crippen molar-refractivity contribution in [2.45, 2.75) is 38.5 Å². The molecule has 7 nitrogen and oxygen atoms in total. The molecule has 10 heteroatoms. The van der Waals surface area contributed by atoms with Crippen molar-refractivity contribution in [3.63, 3.8) is 0 Å². The molecule has 178 valence electrons. The lowest BCUT2D eigenvalue weighted by molar-refractivity contribution is -0.120. The molecule has 0 saturated carbocycles. The number of rotatable bonds is 7. The highest BCUT2D eigenvalue weighted by Crippen LogP contribution is 2.29. The monoisotopic (exact) mass is 511 g/mol. The first-order valence-corrected chi connectivity index (χ1v) is 13.1. The van der Waals surface area contributed by atoms with E-state index in [1.165, 1.54) is 4.31 Å². The molecule has 0 bridgehead atoms. The second-order valence-corrected chi connectivity index (χ2v) is 11.1. The highest BCUT2D eigenvalue weighted by atomic mass is 35.5. The number of carbonyl (C=O) groups is 2. The van der Waals surface area contributed by atoms with Crippen molar-refractivity contribution in [1.82, 2.24) is 9.62 Å². The van der Waals surface area contributed by atoms with Gasteiger partial charge in [0, 0.05) is 40.7 Å². The van der Waals surface area contributed by atoms with Gasteiger partial charge in [-0.3, -0.25) is 9.59 Å². The van der Waals surface area contributed by atoms with Gasteiger partial charge in [0.25, 0.3) is 5.91 Å². The number of nitrogens with zero attached hydrogens (tertiary/aromatic N) is 1. The average Bonchev–Trinajstić information content (AvgIpc) is 2.76. The summed E-state index contributed by atoms with van der Waals surface area (Å²) in [6.07, 6.45) is 0.753. The van der Waals surface area contributed by atoms with Crippen LogP contribution in [0.25, 0.3) is 0 Å². The van der Waals surface area contributed by atoms with Gasteiger partial charge in [-0.2, -0.15) is 0 Å². The van der Waals surface area contributed by atoms with Gasteiger partial charge in [-0.05, 0) is 51.0 Å². The molecule has 1 fully saturated rings. The molecule has 2 aromatic carbocycles. The third-order valence-corrected chi connectivity index (χ3v) is 7.97. The van der Waals surface area contributed by atoms with Crippen LogP contribution in [0.3, 0.4) is 0 Å². The van der Waals surface area contributed by atoms with Gasteiger partial charge >= 0.3 is 0 Å². The van der Waals surface area contributed by atoms with Gasteiger partial charge in [0.15, 0.2) is 0 Å². The molecule has 0 aliphatic carbocycles. The van der Waals surface area contributed by atoms with E-state index in [0.29, 0.717) is 39.7 Å². The minimum absolute atomic E-state index is 0.0341. The van der Waals surface area contributed by atoms with Crippen molar-refractivity contribution in [2.75, 3.05) is 18.4 Å². The predicted molar refractivity (Wildman–Crippen MR) is 131 cm³/mol. The number of sulfonamides is 1. The van der Waals surface area contributed by atoms with Gasteiger partial charge in [0.05, 0.1) is 17.0 Å². The van der Waals surface area contributed by atoms with Crippen LogP contribution in [-0.2, 0) is 20.6 Å². The van der Waals surface area contributed by atoms with E-state index in [4.69, 9.17) is 23.2 Å². The zero-order chi connectivity index (χ0) is 24.2. The first-order valence-electron chi connectivity index (χ1n) is 10.7. The normalized spacial score (nSPS) is 15.4. The number of anilines is 1. The molecule has 1 aliphatic heterocycles. The third-order valence-electron chi connectivity index (χ3n) is 5.46. The molecule has 0 radical (unpaired) electrons. The zero-order valence-corrected chi connectivity index (χ0v) is 20.8. The molecule has 1 aliphatic rings. The predicted octanol–water partition coefficient (Wildman–Crippen LogP) is 4.31. The van der Waals surface area contributed by atoms with Crippen molar-refractivity contribution < 1.29 is 18.0 Å². The summed E-state index contributed by atoms with van der Waals surface area (Å²) in [5.74, 6) is -1.15. The Hall–Kier alpha value is -2.13. The summed E-state index contributed by atoms with van der Waals surface area (Å²) in [6.45, 7) is 4.16. The molecule has 0 aromatic heterocycles. The minimum Gasteiger partial charge on any atom is -0.350 e. The maximum atomic E-state index is 12.9. The van der Waals surface area contributed by atoms with E-state index in [9.17, 15) is 18.0 Å². The first-order chi connectivity index (χ1) is 15.6. The molecule has 33 heavy (non-hydrogen) atoms. The van der Waals surface area contributed by atoms with Crippen LogP contribution in [-0.4, -0.2) is 43.7 Å². The Morgan fingerprint density at radius 3 is 2.24 bits per heavy atom. The fourth-order valence-corrected chi connectivity index (χ4v) is 6.02. The van der Waals surface area contributed by atoms with E-state index < -0.39 is 10.0 Å². The maximum Gasteiger partial charge on any atom is 0.253 e. The smallest absolute Gasteiger partial charge is 0.253 e. The number of halogens is 2. The number of hydrogen-bond acceptors (Lipinski definition) is 4. The highest BCUT2D eigenvalue weighted by molar-refractivity contribution is 7.88. The summed E-state index contributed by atoms with van der Waals surface area (Å²) in [7, 11) is -3.64. The zero-order valence-electron chi connectivity index (χ0n) is 18.5. The third kappa shape index (κ3) is 6.47. The lowest BCUT2D eigenvalue weighted by atomic mass is 9.97. The molecule has 2 N–H and O–H groups in total. The van der Waals surface area contributed by atoms with Crippen LogP contribution >= 0.6 is 23.2 Å². The van der Waals surface area contributed by atoms with Crippen LogP contribution in [0.2, 0.25) is 10.0 Å². The van der Waals surface area contributed by atoms with Gasteiger partial charge in [0.2, 0.25) is 15.9 Å². The summed E-state index contributed by atoms with van der Waals surface area (Å²) in [6, 6.07) is 11.7. The van der Waals surface area contributed by atoms with Crippen molar-refractivity contribution in [3.05, 3.63) is 63.6 Å². The molecule has 1 saturated heterocycles. The summed E-state index contributed by atoms with van der Waals surface area (Å²) in [5, 5.41) is 6.27. The number of amides is 2. The SMILES string of the molecule is CC(C)NC(=O)c1ccccc1NC(=O)C1CCN(S(=O)(=O)Cc2c(Cl)cccc2Cl)CC1. The number of carbonyl (C=O) groups excluding carboxylic acids is 2. The van der Waals surface area contributed by atoms with E-state index in [2.05, 4.69) is 10.6 Å². The Bertz CT molecular complexity index is 1110. The van der Waals surface area contributed by atoms with Gasteiger partial charge in [0.1, 0.15) is 0 Å². The van der Waals surface area contributed by atoms with E-state index in [1.54, 1.807) is 42.5 Å². The Labute approximate surface area is 204 Å². The van der Waals surface area contributed by atoms with Crippen LogP contribution in [0.5, 0.6) is 0 Å². The number of piperidine rings is 1. The maximum absolute atomic E-state index is 12.9.